The predicted octanol–water partition coefficient (Wildman–Crippen LogP) is 2.14. The lowest BCUT2D eigenvalue weighted by Crippen LogP contribution is -2.34. The molecule has 1 aliphatic heterocycles. The fraction of sp³-hybridized carbons (Fsp3) is 0.300. The van der Waals surface area contributed by atoms with E-state index < -0.39 is 22.0 Å². The average molecular weight is 325 g/mol. The van der Waals surface area contributed by atoms with Gasteiger partial charge in [-0.2, -0.15) is 13.2 Å². The Labute approximate surface area is 118 Å². The Morgan fingerprint density at radius 1 is 1.30 bits per heavy atom. The van der Waals surface area contributed by atoms with E-state index in [-0.39, 0.29) is 10.6 Å². The smallest absolute Gasteiger partial charge is 0.306 e. The molecular formula is C10H10F3N3O2S2. The van der Waals surface area contributed by atoms with Gasteiger partial charge in [-0.3, -0.25) is 0 Å². The third kappa shape index (κ3) is 2.76. The number of rotatable bonds is 2. The summed E-state index contributed by atoms with van der Waals surface area (Å²) < 4.78 is 64.4. The third-order valence-electron chi connectivity index (χ3n) is 2.47. The maximum atomic E-state index is 12.5. The molecule has 1 heterocycles. The molecule has 0 spiro atoms. The molecule has 110 valence electrons. The van der Waals surface area contributed by atoms with Gasteiger partial charge in [-0.05, 0) is 30.1 Å². The maximum absolute atomic E-state index is 12.5. The van der Waals surface area contributed by atoms with Gasteiger partial charge in [0.2, 0.25) is 15.9 Å². The van der Waals surface area contributed by atoms with Crippen molar-refractivity contribution in [3.8, 4) is 0 Å². The van der Waals surface area contributed by atoms with Crippen LogP contribution in [-0.2, 0) is 10.0 Å². The van der Waals surface area contributed by atoms with Crippen molar-refractivity contribution in [2.45, 2.75) is 16.0 Å². The quantitative estimate of drug-likeness (QED) is 0.846. The number of sulfonamides is 1. The maximum Gasteiger partial charge on any atom is 0.450 e. The molecule has 0 aliphatic carbocycles. The van der Waals surface area contributed by atoms with Crippen LogP contribution in [0.3, 0.4) is 0 Å². The minimum Gasteiger partial charge on any atom is -0.306 e. The fourth-order valence-electron chi connectivity index (χ4n) is 1.41. The highest BCUT2D eigenvalue weighted by Crippen LogP contribution is 2.36. The molecule has 0 saturated carbocycles. The molecule has 20 heavy (non-hydrogen) atoms. The lowest BCUT2D eigenvalue weighted by atomic mass is 10.3. The number of hydrogen-bond donors (Lipinski definition) is 1. The Hall–Kier alpha value is -1.26. The summed E-state index contributed by atoms with van der Waals surface area (Å²) in [6.07, 6.45) is -4.57. The van der Waals surface area contributed by atoms with Gasteiger partial charge in [-0.1, -0.05) is 0 Å². The minimum absolute atomic E-state index is 0.00112. The number of nitrogens with one attached hydrogen (secondary N) is 1. The van der Waals surface area contributed by atoms with E-state index in [0.717, 1.165) is 4.31 Å². The summed E-state index contributed by atoms with van der Waals surface area (Å²) in [5.74, 6) is -1.11. The van der Waals surface area contributed by atoms with Crippen molar-refractivity contribution in [2.24, 2.45) is 4.99 Å². The van der Waals surface area contributed by atoms with Gasteiger partial charge in [0.25, 0.3) is 0 Å². The van der Waals surface area contributed by atoms with Crippen LogP contribution >= 0.6 is 11.9 Å². The summed E-state index contributed by atoms with van der Waals surface area (Å²) in [7, 11) is -0.881. The van der Waals surface area contributed by atoms with Crippen molar-refractivity contribution >= 4 is 33.5 Å². The van der Waals surface area contributed by atoms with Crippen molar-refractivity contribution in [1.82, 2.24) is 9.03 Å². The van der Waals surface area contributed by atoms with Crippen LogP contribution in [0.25, 0.3) is 0 Å². The first-order valence-corrected chi connectivity index (χ1v) is 7.53. The molecular weight excluding hydrogens is 315 g/mol. The highest BCUT2D eigenvalue weighted by molar-refractivity contribution is 7.98. The summed E-state index contributed by atoms with van der Waals surface area (Å²) in [4.78, 5) is 3.76. The SMILES string of the molecule is CN(C)S(=O)(=O)c1ccc2c(c1)SNC(C(F)(F)F)=N2. The Kier molecular flexibility index (Phi) is 3.73. The molecule has 0 amide bonds. The standard InChI is InChI=1S/C10H10F3N3O2S2/c1-16(2)20(17,18)6-3-4-7-8(5-6)19-15-9(14-7)10(11,12)13/h3-5H,1-2H3,(H,14,15). The number of nitrogens with zero attached hydrogens (tertiary/aromatic N) is 2. The van der Waals surface area contributed by atoms with Crippen LogP contribution in [0, 0.1) is 0 Å². The number of fused-ring (bicyclic) bond motifs is 1. The molecule has 1 aromatic rings. The predicted molar refractivity (Wildman–Crippen MR) is 69.5 cm³/mol. The summed E-state index contributed by atoms with van der Waals surface area (Å²) >= 11 is 0.682. The van der Waals surface area contributed by atoms with Gasteiger partial charge in [-0.15, -0.1) is 0 Å². The number of amidine groups is 1. The molecule has 0 bridgehead atoms. The second-order valence-electron chi connectivity index (χ2n) is 4.08. The van der Waals surface area contributed by atoms with Crippen molar-refractivity contribution in [3.63, 3.8) is 0 Å². The molecule has 0 fully saturated rings. The molecule has 2 rings (SSSR count). The minimum atomic E-state index is -4.57. The van der Waals surface area contributed by atoms with Crippen molar-refractivity contribution in [3.05, 3.63) is 18.2 Å². The van der Waals surface area contributed by atoms with Crippen LogP contribution in [-0.4, -0.2) is 38.8 Å². The number of hydrogen-bond acceptors (Lipinski definition) is 5. The van der Waals surface area contributed by atoms with Crippen LogP contribution in [0.15, 0.2) is 33.0 Å². The number of alkyl halides is 3. The Morgan fingerprint density at radius 2 is 1.95 bits per heavy atom. The van der Waals surface area contributed by atoms with Gasteiger partial charge in [0.1, 0.15) is 0 Å². The first-order chi connectivity index (χ1) is 9.12. The van der Waals surface area contributed by atoms with E-state index >= 15 is 0 Å². The molecule has 0 saturated heterocycles. The molecule has 1 N–H and O–H groups in total. The number of aliphatic imine (C=N–C) groups is 1. The van der Waals surface area contributed by atoms with E-state index in [1.807, 2.05) is 0 Å². The van der Waals surface area contributed by atoms with E-state index in [0.29, 0.717) is 16.8 Å². The summed E-state index contributed by atoms with van der Waals surface area (Å²) in [5, 5.41) is 0. The van der Waals surface area contributed by atoms with E-state index in [1.54, 1.807) is 0 Å². The largest absolute Gasteiger partial charge is 0.450 e. The zero-order chi connectivity index (χ0) is 15.1. The first-order valence-electron chi connectivity index (χ1n) is 5.27. The van der Waals surface area contributed by atoms with Crippen LogP contribution in [0.4, 0.5) is 18.9 Å². The van der Waals surface area contributed by atoms with Gasteiger partial charge < -0.3 is 4.72 Å². The molecule has 1 aliphatic rings. The average Bonchev–Trinajstić information content (AvgIpc) is 2.36. The van der Waals surface area contributed by atoms with Crippen LogP contribution in [0.5, 0.6) is 0 Å². The van der Waals surface area contributed by atoms with Gasteiger partial charge in [0.15, 0.2) is 0 Å². The molecule has 10 heteroatoms. The van der Waals surface area contributed by atoms with Gasteiger partial charge in [-0.25, -0.2) is 17.7 Å². The summed E-state index contributed by atoms with van der Waals surface area (Å²) in [5.41, 5.74) is 0.0822. The van der Waals surface area contributed by atoms with Gasteiger partial charge >= 0.3 is 6.18 Å². The lowest BCUT2D eigenvalue weighted by molar-refractivity contribution is -0.0605. The fourth-order valence-corrected chi connectivity index (χ4v) is 3.18. The Bertz CT molecular complexity index is 669. The second kappa shape index (κ2) is 4.93. The van der Waals surface area contributed by atoms with E-state index in [4.69, 9.17) is 0 Å². The zero-order valence-electron chi connectivity index (χ0n) is 10.4. The first kappa shape index (κ1) is 15.1. The zero-order valence-corrected chi connectivity index (χ0v) is 12.0. The summed E-state index contributed by atoms with van der Waals surface area (Å²) in [6, 6.07) is 3.78. The van der Waals surface area contributed by atoms with Crippen molar-refractivity contribution < 1.29 is 21.6 Å². The van der Waals surface area contributed by atoms with E-state index in [1.165, 1.54) is 32.3 Å². The molecule has 5 nitrogen and oxygen atoms in total. The Balaban J connectivity index is 2.45. The van der Waals surface area contributed by atoms with Crippen LogP contribution in [0.1, 0.15) is 0 Å². The lowest BCUT2D eigenvalue weighted by Gasteiger charge is -2.19. The highest BCUT2D eigenvalue weighted by Gasteiger charge is 2.38. The van der Waals surface area contributed by atoms with Crippen LogP contribution < -0.4 is 4.72 Å². The number of benzene rings is 1. The molecule has 0 radical (unpaired) electrons. The van der Waals surface area contributed by atoms with Crippen LogP contribution in [0.2, 0.25) is 0 Å². The highest BCUT2D eigenvalue weighted by atomic mass is 32.2. The normalized spacial score (nSPS) is 15.6. The third-order valence-corrected chi connectivity index (χ3v) is 5.12. The Morgan fingerprint density at radius 3 is 2.50 bits per heavy atom. The molecule has 0 unspecified atom stereocenters. The van der Waals surface area contributed by atoms with E-state index in [2.05, 4.69) is 9.71 Å². The van der Waals surface area contributed by atoms with Gasteiger partial charge in [0, 0.05) is 14.1 Å². The molecule has 1 aromatic carbocycles. The second-order valence-corrected chi connectivity index (χ2v) is 7.08. The van der Waals surface area contributed by atoms with Crippen molar-refractivity contribution in [1.29, 1.82) is 0 Å². The monoisotopic (exact) mass is 325 g/mol. The topological polar surface area (TPSA) is 61.8 Å². The van der Waals surface area contributed by atoms with Gasteiger partial charge in [0.05, 0.1) is 15.5 Å². The number of halogens is 3. The molecule has 0 aromatic heterocycles. The van der Waals surface area contributed by atoms with Crippen molar-refractivity contribution in [2.75, 3.05) is 14.1 Å². The van der Waals surface area contributed by atoms with E-state index in [9.17, 15) is 21.6 Å². The summed E-state index contributed by atoms with van der Waals surface area (Å²) in [6.45, 7) is 0. The molecule has 0 atom stereocenters.